The Balaban J connectivity index is 1.49. The van der Waals surface area contributed by atoms with E-state index < -0.39 is 0 Å². The number of ether oxygens (including phenoxy) is 1. The number of amides is 1. The maximum atomic E-state index is 13.1. The van der Waals surface area contributed by atoms with Crippen LogP contribution >= 0.6 is 0 Å². The molecule has 1 aliphatic rings. The third-order valence-corrected chi connectivity index (χ3v) is 4.98. The summed E-state index contributed by atoms with van der Waals surface area (Å²) < 4.78 is 24.2. The van der Waals surface area contributed by atoms with Gasteiger partial charge in [-0.3, -0.25) is 4.79 Å². The van der Waals surface area contributed by atoms with Gasteiger partial charge in [-0.25, -0.2) is 4.39 Å². The average molecular weight is 406 g/mol. The molecule has 0 saturated carbocycles. The van der Waals surface area contributed by atoms with Gasteiger partial charge < -0.3 is 19.0 Å². The van der Waals surface area contributed by atoms with E-state index in [2.05, 4.69) is 11.1 Å². The highest BCUT2D eigenvalue weighted by Crippen LogP contribution is 2.30. The number of oxazole rings is 1. The Bertz CT molecular complexity index is 1100. The third-order valence-electron chi connectivity index (χ3n) is 4.98. The summed E-state index contributed by atoms with van der Waals surface area (Å²) >= 11 is 0. The summed E-state index contributed by atoms with van der Waals surface area (Å²) in [4.78, 5) is 20.5. The number of anilines is 1. The van der Waals surface area contributed by atoms with Crippen molar-refractivity contribution < 1.29 is 18.3 Å². The monoisotopic (exact) mass is 406 g/mol. The zero-order chi connectivity index (χ0) is 21.1. The van der Waals surface area contributed by atoms with Gasteiger partial charge in [0.25, 0.3) is 5.91 Å². The van der Waals surface area contributed by atoms with Crippen molar-refractivity contribution in [1.82, 2.24) is 9.88 Å². The van der Waals surface area contributed by atoms with E-state index in [-0.39, 0.29) is 17.4 Å². The summed E-state index contributed by atoms with van der Waals surface area (Å²) in [5, 5.41) is 9.50. The molecule has 0 bridgehead atoms. The van der Waals surface area contributed by atoms with Gasteiger partial charge in [-0.1, -0.05) is 6.07 Å². The van der Waals surface area contributed by atoms with Crippen LogP contribution in [-0.4, -0.2) is 49.1 Å². The number of piperazine rings is 1. The Labute approximate surface area is 172 Å². The molecule has 2 heterocycles. The molecule has 0 atom stereocenters. The minimum absolute atomic E-state index is 0.148. The van der Waals surface area contributed by atoms with Crippen LogP contribution in [0, 0.1) is 17.1 Å². The molecule has 1 aromatic heterocycles. The lowest BCUT2D eigenvalue weighted by Crippen LogP contribution is -2.48. The second kappa shape index (κ2) is 8.25. The van der Waals surface area contributed by atoms with Crippen LogP contribution in [0.3, 0.4) is 0 Å². The first kappa shape index (κ1) is 19.5. The number of hydrogen-bond donors (Lipinski definition) is 0. The van der Waals surface area contributed by atoms with Gasteiger partial charge in [0.15, 0.2) is 0 Å². The number of carbonyl (C=O) groups excluding carboxylic acids is 1. The van der Waals surface area contributed by atoms with Crippen molar-refractivity contribution in [2.45, 2.75) is 0 Å². The van der Waals surface area contributed by atoms with Gasteiger partial charge >= 0.3 is 0 Å². The molecule has 1 fully saturated rings. The molecule has 0 radical (unpaired) electrons. The highest BCUT2D eigenvalue weighted by Gasteiger charge is 2.27. The summed E-state index contributed by atoms with van der Waals surface area (Å²) in [6.07, 6.45) is 0. The standard InChI is InChI=1S/C22H19FN4O3/c1-29-18-4-2-3-16(13-18)20-25-19(14-24)22(30-20)27-11-9-26(10-12-27)21(28)15-5-7-17(23)8-6-15/h2-8,13H,9-12H2,1H3. The number of benzene rings is 2. The van der Waals surface area contributed by atoms with Crippen LogP contribution in [-0.2, 0) is 0 Å². The molecule has 7 nitrogen and oxygen atoms in total. The van der Waals surface area contributed by atoms with Crippen molar-refractivity contribution in [1.29, 1.82) is 5.26 Å². The predicted molar refractivity (Wildman–Crippen MR) is 108 cm³/mol. The van der Waals surface area contributed by atoms with E-state index in [1.807, 2.05) is 23.1 Å². The topological polar surface area (TPSA) is 82.6 Å². The molecule has 1 saturated heterocycles. The minimum Gasteiger partial charge on any atom is -0.497 e. The lowest BCUT2D eigenvalue weighted by Gasteiger charge is -2.34. The summed E-state index contributed by atoms with van der Waals surface area (Å²) in [6, 6.07) is 14.9. The van der Waals surface area contributed by atoms with Crippen molar-refractivity contribution >= 4 is 11.8 Å². The Hall–Kier alpha value is -3.86. The zero-order valence-corrected chi connectivity index (χ0v) is 16.3. The SMILES string of the molecule is COc1cccc(-c2nc(C#N)c(N3CCN(C(=O)c4ccc(F)cc4)CC3)o2)c1. The smallest absolute Gasteiger partial charge is 0.253 e. The molecule has 30 heavy (non-hydrogen) atoms. The van der Waals surface area contributed by atoms with Crippen molar-refractivity contribution in [2.75, 3.05) is 38.2 Å². The van der Waals surface area contributed by atoms with E-state index in [0.717, 1.165) is 0 Å². The first-order chi connectivity index (χ1) is 14.6. The largest absolute Gasteiger partial charge is 0.497 e. The number of carbonyl (C=O) groups is 1. The first-order valence-corrected chi connectivity index (χ1v) is 9.44. The molecule has 4 rings (SSSR count). The lowest BCUT2D eigenvalue weighted by molar-refractivity contribution is 0.0745. The number of halogens is 1. The van der Waals surface area contributed by atoms with E-state index in [1.54, 1.807) is 18.1 Å². The molecular formula is C22H19FN4O3. The second-order valence-electron chi connectivity index (χ2n) is 6.80. The maximum Gasteiger partial charge on any atom is 0.253 e. The number of methoxy groups -OCH3 is 1. The number of nitriles is 1. The van der Waals surface area contributed by atoms with Gasteiger partial charge in [0.05, 0.1) is 7.11 Å². The fourth-order valence-corrected chi connectivity index (χ4v) is 3.37. The molecular weight excluding hydrogens is 387 g/mol. The molecule has 8 heteroatoms. The molecule has 152 valence electrons. The van der Waals surface area contributed by atoms with Crippen molar-refractivity contribution in [3.63, 3.8) is 0 Å². The van der Waals surface area contributed by atoms with Gasteiger partial charge in [0.2, 0.25) is 17.5 Å². The van der Waals surface area contributed by atoms with Gasteiger partial charge in [-0.2, -0.15) is 10.2 Å². The number of hydrogen-bond acceptors (Lipinski definition) is 6. The summed E-state index contributed by atoms with van der Waals surface area (Å²) in [6.45, 7) is 1.90. The normalized spacial score (nSPS) is 13.8. The van der Waals surface area contributed by atoms with Crippen LogP contribution in [0.15, 0.2) is 52.9 Å². The second-order valence-corrected chi connectivity index (χ2v) is 6.80. The predicted octanol–water partition coefficient (Wildman–Crippen LogP) is 3.32. The van der Waals surface area contributed by atoms with Crippen LogP contribution in [0.25, 0.3) is 11.5 Å². The van der Waals surface area contributed by atoms with Crippen LogP contribution in [0.5, 0.6) is 5.75 Å². The van der Waals surface area contributed by atoms with Crippen molar-refractivity contribution in [3.8, 4) is 23.3 Å². The molecule has 0 unspecified atom stereocenters. The lowest BCUT2D eigenvalue weighted by atomic mass is 10.2. The van der Waals surface area contributed by atoms with Gasteiger partial charge in [0.1, 0.15) is 17.6 Å². The highest BCUT2D eigenvalue weighted by molar-refractivity contribution is 5.94. The fourth-order valence-electron chi connectivity index (χ4n) is 3.37. The Morgan fingerprint density at radius 2 is 1.90 bits per heavy atom. The van der Waals surface area contributed by atoms with Crippen LogP contribution in [0.1, 0.15) is 16.1 Å². The minimum atomic E-state index is -0.377. The summed E-state index contributed by atoms with van der Waals surface area (Å²) in [5.74, 6) is 0.871. The average Bonchev–Trinajstić information content (AvgIpc) is 3.24. The van der Waals surface area contributed by atoms with Crippen molar-refractivity contribution in [2.24, 2.45) is 0 Å². The Morgan fingerprint density at radius 3 is 2.57 bits per heavy atom. The van der Waals surface area contributed by atoms with Crippen LogP contribution in [0.2, 0.25) is 0 Å². The van der Waals surface area contributed by atoms with Gasteiger partial charge in [0, 0.05) is 37.3 Å². The van der Waals surface area contributed by atoms with Gasteiger partial charge in [-0.05, 0) is 42.5 Å². The first-order valence-electron chi connectivity index (χ1n) is 9.44. The number of nitrogens with zero attached hydrogens (tertiary/aromatic N) is 4. The quantitative estimate of drug-likeness (QED) is 0.661. The van der Waals surface area contributed by atoms with E-state index in [0.29, 0.717) is 54.8 Å². The maximum absolute atomic E-state index is 13.1. The van der Waals surface area contributed by atoms with E-state index in [9.17, 15) is 14.4 Å². The van der Waals surface area contributed by atoms with Crippen LogP contribution < -0.4 is 9.64 Å². The number of aromatic nitrogens is 1. The Kier molecular flexibility index (Phi) is 5.35. The van der Waals surface area contributed by atoms with E-state index in [1.165, 1.54) is 24.3 Å². The summed E-state index contributed by atoms with van der Waals surface area (Å²) in [5.41, 5.74) is 1.36. The zero-order valence-electron chi connectivity index (χ0n) is 16.3. The summed E-state index contributed by atoms with van der Waals surface area (Å²) in [7, 11) is 1.58. The molecule has 0 aliphatic carbocycles. The van der Waals surface area contributed by atoms with E-state index in [4.69, 9.17) is 9.15 Å². The highest BCUT2D eigenvalue weighted by atomic mass is 19.1. The van der Waals surface area contributed by atoms with Crippen molar-refractivity contribution in [3.05, 3.63) is 65.6 Å². The fraction of sp³-hybridized carbons (Fsp3) is 0.227. The Morgan fingerprint density at radius 1 is 1.17 bits per heavy atom. The van der Waals surface area contributed by atoms with Gasteiger partial charge in [-0.15, -0.1) is 0 Å². The molecule has 0 N–H and O–H groups in total. The van der Waals surface area contributed by atoms with E-state index >= 15 is 0 Å². The number of rotatable bonds is 4. The molecule has 1 amide bonds. The molecule has 2 aromatic carbocycles. The third kappa shape index (κ3) is 3.82. The molecule has 3 aromatic rings. The molecule has 0 spiro atoms. The molecule has 1 aliphatic heterocycles. The van der Waals surface area contributed by atoms with Crippen LogP contribution in [0.4, 0.5) is 10.3 Å².